The van der Waals surface area contributed by atoms with E-state index in [0.717, 1.165) is 41.5 Å². The highest BCUT2D eigenvalue weighted by Gasteiger charge is 2.22. The number of hydrogen-bond donors (Lipinski definition) is 1. The molecule has 0 radical (unpaired) electrons. The van der Waals surface area contributed by atoms with E-state index in [1.807, 2.05) is 47.1 Å². The first-order valence-electron chi connectivity index (χ1n) is 8.46. The number of aromatic nitrogens is 2. The summed E-state index contributed by atoms with van der Waals surface area (Å²) in [6, 6.07) is 18.2. The molecule has 1 aromatic heterocycles. The molecule has 128 valence electrons. The summed E-state index contributed by atoms with van der Waals surface area (Å²) in [5.41, 5.74) is 4.43. The molecule has 25 heavy (non-hydrogen) atoms. The Morgan fingerprint density at radius 1 is 1.04 bits per heavy atom. The first kappa shape index (κ1) is 15.7. The van der Waals surface area contributed by atoms with E-state index < -0.39 is 0 Å². The Morgan fingerprint density at radius 2 is 1.84 bits per heavy atom. The Morgan fingerprint density at radius 3 is 2.60 bits per heavy atom. The minimum atomic E-state index is 0.537. The molecular weight excluding hydrogens is 314 g/mol. The van der Waals surface area contributed by atoms with Crippen LogP contribution in [0.1, 0.15) is 16.8 Å². The number of nitrogens with zero attached hydrogens (tertiary/aromatic N) is 2. The van der Waals surface area contributed by atoms with Gasteiger partial charge in [0.25, 0.3) is 0 Å². The highest BCUT2D eigenvalue weighted by Crippen LogP contribution is 2.29. The second-order valence-electron chi connectivity index (χ2n) is 6.06. The molecule has 0 spiro atoms. The van der Waals surface area contributed by atoms with Gasteiger partial charge in [-0.3, -0.25) is 0 Å². The van der Waals surface area contributed by atoms with E-state index in [9.17, 15) is 0 Å². The first-order valence-corrected chi connectivity index (χ1v) is 8.46. The molecule has 5 nitrogen and oxygen atoms in total. The van der Waals surface area contributed by atoms with Crippen molar-refractivity contribution >= 4 is 5.82 Å². The van der Waals surface area contributed by atoms with E-state index in [0.29, 0.717) is 13.2 Å². The predicted octanol–water partition coefficient (Wildman–Crippen LogP) is 3.57. The van der Waals surface area contributed by atoms with Gasteiger partial charge in [-0.2, -0.15) is 5.10 Å². The standard InChI is InChI=1S/C20H21N3O2/c1-24-14-19-18-11-12-21-20(18)23(22-19)16-7-9-17(10-8-16)25-13-15-5-3-2-4-6-15/h2-10,21H,11-14H2,1H3. The van der Waals surface area contributed by atoms with Gasteiger partial charge in [0.05, 0.1) is 18.0 Å². The number of ether oxygens (including phenoxy) is 2. The summed E-state index contributed by atoms with van der Waals surface area (Å²) in [5, 5.41) is 8.12. The van der Waals surface area contributed by atoms with Crippen LogP contribution in [0.3, 0.4) is 0 Å². The molecular formula is C20H21N3O2. The van der Waals surface area contributed by atoms with E-state index in [4.69, 9.17) is 14.6 Å². The maximum absolute atomic E-state index is 5.85. The van der Waals surface area contributed by atoms with Crippen LogP contribution in [0, 0.1) is 0 Å². The topological polar surface area (TPSA) is 48.3 Å². The molecule has 2 heterocycles. The van der Waals surface area contributed by atoms with Gasteiger partial charge >= 0.3 is 0 Å². The lowest BCUT2D eigenvalue weighted by Crippen LogP contribution is -2.05. The summed E-state index contributed by atoms with van der Waals surface area (Å²) >= 11 is 0. The molecule has 0 saturated carbocycles. The summed E-state index contributed by atoms with van der Waals surface area (Å²) in [6.07, 6.45) is 0.992. The number of benzene rings is 2. The van der Waals surface area contributed by atoms with Crippen LogP contribution in [-0.4, -0.2) is 23.4 Å². The summed E-state index contributed by atoms with van der Waals surface area (Å²) in [5.74, 6) is 1.92. The highest BCUT2D eigenvalue weighted by molar-refractivity contribution is 5.57. The Kier molecular flexibility index (Phi) is 4.39. The van der Waals surface area contributed by atoms with Gasteiger partial charge in [-0.15, -0.1) is 0 Å². The van der Waals surface area contributed by atoms with E-state index >= 15 is 0 Å². The van der Waals surface area contributed by atoms with Crippen LogP contribution in [0.4, 0.5) is 5.82 Å². The van der Waals surface area contributed by atoms with Gasteiger partial charge in [-0.05, 0) is 36.2 Å². The van der Waals surface area contributed by atoms with Crippen molar-refractivity contribution in [2.45, 2.75) is 19.6 Å². The smallest absolute Gasteiger partial charge is 0.133 e. The maximum Gasteiger partial charge on any atom is 0.133 e. The molecule has 3 aromatic rings. The average molecular weight is 335 g/mol. The number of methoxy groups -OCH3 is 1. The largest absolute Gasteiger partial charge is 0.489 e. The molecule has 2 aromatic carbocycles. The van der Waals surface area contributed by atoms with Gasteiger partial charge < -0.3 is 14.8 Å². The Bertz CT molecular complexity index is 841. The minimum Gasteiger partial charge on any atom is -0.489 e. The lowest BCUT2D eigenvalue weighted by atomic mass is 10.2. The van der Waals surface area contributed by atoms with Crippen LogP contribution in [0.25, 0.3) is 5.69 Å². The lowest BCUT2D eigenvalue weighted by molar-refractivity contribution is 0.180. The molecule has 0 amide bonds. The number of hydrogen-bond acceptors (Lipinski definition) is 4. The molecule has 1 N–H and O–H groups in total. The maximum atomic E-state index is 5.85. The zero-order valence-electron chi connectivity index (χ0n) is 14.2. The van der Waals surface area contributed by atoms with Gasteiger partial charge in [0.15, 0.2) is 0 Å². The highest BCUT2D eigenvalue weighted by atomic mass is 16.5. The second kappa shape index (κ2) is 6.99. The fraction of sp³-hybridized carbons (Fsp3) is 0.250. The van der Waals surface area contributed by atoms with Crippen LogP contribution in [0.5, 0.6) is 5.75 Å². The SMILES string of the molecule is COCc1nn(-c2ccc(OCc3ccccc3)cc2)c2c1CCN2. The molecule has 0 saturated heterocycles. The molecule has 0 atom stereocenters. The van der Waals surface area contributed by atoms with Crippen molar-refractivity contribution in [3.8, 4) is 11.4 Å². The number of rotatable bonds is 6. The molecule has 0 unspecified atom stereocenters. The van der Waals surface area contributed by atoms with E-state index in [-0.39, 0.29) is 0 Å². The van der Waals surface area contributed by atoms with Gasteiger partial charge in [0.2, 0.25) is 0 Å². The molecule has 1 aliphatic rings. The van der Waals surface area contributed by atoms with E-state index in [1.54, 1.807) is 7.11 Å². The molecule has 0 aliphatic carbocycles. The van der Waals surface area contributed by atoms with Crippen molar-refractivity contribution in [3.63, 3.8) is 0 Å². The lowest BCUT2D eigenvalue weighted by Gasteiger charge is -2.09. The van der Waals surface area contributed by atoms with Crippen LogP contribution in [0.2, 0.25) is 0 Å². The molecule has 0 fully saturated rings. The van der Waals surface area contributed by atoms with Crippen molar-refractivity contribution < 1.29 is 9.47 Å². The molecule has 0 bridgehead atoms. The zero-order valence-corrected chi connectivity index (χ0v) is 14.2. The van der Waals surface area contributed by atoms with Crippen LogP contribution in [0.15, 0.2) is 54.6 Å². The van der Waals surface area contributed by atoms with Gasteiger partial charge in [-0.1, -0.05) is 30.3 Å². The van der Waals surface area contributed by atoms with Crippen molar-refractivity contribution in [1.29, 1.82) is 0 Å². The number of fused-ring (bicyclic) bond motifs is 1. The molecule has 4 rings (SSSR count). The van der Waals surface area contributed by atoms with E-state index in [1.165, 1.54) is 5.56 Å². The minimum absolute atomic E-state index is 0.537. The van der Waals surface area contributed by atoms with Crippen molar-refractivity contribution in [3.05, 3.63) is 71.4 Å². The van der Waals surface area contributed by atoms with E-state index in [2.05, 4.69) is 17.4 Å². The molecule has 5 heteroatoms. The summed E-state index contributed by atoms with van der Waals surface area (Å²) in [7, 11) is 1.70. The number of nitrogens with one attached hydrogen (secondary N) is 1. The van der Waals surface area contributed by atoms with Gasteiger partial charge in [0, 0.05) is 19.2 Å². The van der Waals surface area contributed by atoms with Gasteiger partial charge in [-0.25, -0.2) is 4.68 Å². The zero-order chi connectivity index (χ0) is 17.1. The molecule has 1 aliphatic heterocycles. The number of anilines is 1. The fourth-order valence-corrected chi connectivity index (χ4v) is 3.11. The summed E-state index contributed by atoms with van der Waals surface area (Å²) in [4.78, 5) is 0. The Labute approximate surface area is 147 Å². The monoisotopic (exact) mass is 335 g/mol. The van der Waals surface area contributed by atoms with Crippen molar-refractivity contribution in [2.75, 3.05) is 19.0 Å². The first-order chi connectivity index (χ1) is 12.3. The van der Waals surface area contributed by atoms with Gasteiger partial charge in [0.1, 0.15) is 18.2 Å². The summed E-state index contributed by atoms with van der Waals surface area (Å²) in [6.45, 7) is 2.05. The summed E-state index contributed by atoms with van der Waals surface area (Å²) < 4.78 is 13.1. The van der Waals surface area contributed by atoms with Crippen LogP contribution < -0.4 is 10.1 Å². The van der Waals surface area contributed by atoms with Crippen molar-refractivity contribution in [2.24, 2.45) is 0 Å². The van der Waals surface area contributed by atoms with Crippen LogP contribution in [-0.2, 0) is 24.4 Å². The van der Waals surface area contributed by atoms with Crippen molar-refractivity contribution in [1.82, 2.24) is 9.78 Å². The Balaban J connectivity index is 1.52. The van der Waals surface area contributed by atoms with Crippen LogP contribution >= 0.6 is 0 Å². The predicted molar refractivity (Wildman–Crippen MR) is 97.2 cm³/mol. The third-order valence-electron chi connectivity index (χ3n) is 4.34. The Hall–Kier alpha value is -2.79. The quantitative estimate of drug-likeness (QED) is 0.748. The average Bonchev–Trinajstić information content (AvgIpc) is 3.26. The fourth-order valence-electron chi connectivity index (χ4n) is 3.11. The third-order valence-corrected chi connectivity index (χ3v) is 4.34. The second-order valence-corrected chi connectivity index (χ2v) is 6.06. The normalized spacial score (nSPS) is 12.7. The third kappa shape index (κ3) is 3.23.